The van der Waals surface area contributed by atoms with E-state index in [1.165, 1.54) is 0 Å². The van der Waals surface area contributed by atoms with Crippen molar-refractivity contribution in [2.24, 2.45) is 5.92 Å². The molecule has 1 aromatic heterocycles. The standard InChI is InChI=1S/C12H15N3O3/c1-15-9-6-18-5-7(9)12(16)13-8-3-4-10(17-2)14-11(8)15/h3-4,7,9H,5-6H2,1-2H3,(H,13,16). The Morgan fingerprint density at radius 1 is 1.50 bits per heavy atom. The molecule has 1 saturated heterocycles. The van der Waals surface area contributed by atoms with E-state index in [0.717, 1.165) is 11.5 Å². The number of likely N-dealkylation sites (N-methyl/N-ethyl adjacent to an activating group) is 1. The Morgan fingerprint density at radius 3 is 3.11 bits per heavy atom. The van der Waals surface area contributed by atoms with Gasteiger partial charge in [-0.05, 0) is 6.07 Å². The summed E-state index contributed by atoms with van der Waals surface area (Å²) >= 11 is 0. The molecule has 2 aliphatic heterocycles. The molecule has 1 fully saturated rings. The van der Waals surface area contributed by atoms with Crippen molar-refractivity contribution in [3.63, 3.8) is 0 Å². The SMILES string of the molecule is COc1ccc2c(n1)N(C)C1COCC1C(=O)N2. The molecule has 1 aromatic rings. The second-order valence-corrected chi connectivity index (χ2v) is 4.54. The van der Waals surface area contributed by atoms with Crippen LogP contribution in [0, 0.1) is 5.92 Å². The van der Waals surface area contributed by atoms with Gasteiger partial charge in [0.25, 0.3) is 0 Å². The molecule has 0 saturated carbocycles. The fraction of sp³-hybridized carbons (Fsp3) is 0.500. The zero-order chi connectivity index (χ0) is 12.7. The van der Waals surface area contributed by atoms with Crippen LogP contribution in [0.15, 0.2) is 12.1 Å². The molecular weight excluding hydrogens is 234 g/mol. The van der Waals surface area contributed by atoms with Crippen LogP contribution in [-0.2, 0) is 9.53 Å². The number of pyridine rings is 1. The Labute approximate surface area is 105 Å². The minimum atomic E-state index is -0.143. The number of nitrogens with zero attached hydrogens (tertiary/aromatic N) is 2. The first-order chi connectivity index (χ1) is 8.70. The highest BCUT2D eigenvalue weighted by molar-refractivity contribution is 5.97. The maximum absolute atomic E-state index is 12.1. The number of aromatic nitrogens is 1. The normalized spacial score (nSPS) is 26.1. The molecular formula is C12H15N3O3. The monoisotopic (exact) mass is 249 g/mol. The number of nitrogens with one attached hydrogen (secondary N) is 1. The predicted molar refractivity (Wildman–Crippen MR) is 65.9 cm³/mol. The highest BCUT2D eigenvalue weighted by Gasteiger charge is 2.40. The second-order valence-electron chi connectivity index (χ2n) is 4.54. The van der Waals surface area contributed by atoms with Gasteiger partial charge in [0.05, 0.1) is 38.0 Å². The van der Waals surface area contributed by atoms with Crippen LogP contribution in [0.2, 0.25) is 0 Å². The summed E-state index contributed by atoms with van der Waals surface area (Å²) in [6, 6.07) is 3.59. The number of methoxy groups -OCH3 is 1. The molecule has 2 unspecified atom stereocenters. The number of hydrogen-bond acceptors (Lipinski definition) is 5. The fourth-order valence-electron chi connectivity index (χ4n) is 2.47. The van der Waals surface area contributed by atoms with E-state index in [2.05, 4.69) is 10.3 Å². The van der Waals surface area contributed by atoms with Gasteiger partial charge in [0.2, 0.25) is 11.8 Å². The minimum absolute atomic E-state index is 0.00457. The van der Waals surface area contributed by atoms with Crippen LogP contribution in [0.1, 0.15) is 0 Å². The van der Waals surface area contributed by atoms with E-state index in [1.807, 2.05) is 18.0 Å². The maximum atomic E-state index is 12.1. The summed E-state index contributed by atoms with van der Waals surface area (Å²) in [4.78, 5) is 18.5. The quantitative estimate of drug-likeness (QED) is 0.785. The first kappa shape index (κ1) is 11.3. The number of carbonyl (C=O) groups excluding carboxylic acids is 1. The third-order valence-corrected chi connectivity index (χ3v) is 3.54. The molecule has 0 aliphatic carbocycles. The highest BCUT2D eigenvalue weighted by Crippen LogP contribution is 2.34. The number of amides is 1. The van der Waals surface area contributed by atoms with Crippen LogP contribution < -0.4 is 15.0 Å². The molecule has 2 aliphatic rings. The lowest BCUT2D eigenvalue weighted by Crippen LogP contribution is -2.40. The molecule has 0 aromatic carbocycles. The summed E-state index contributed by atoms with van der Waals surface area (Å²) in [7, 11) is 3.50. The smallest absolute Gasteiger partial charge is 0.232 e. The van der Waals surface area contributed by atoms with Gasteiger partial charge in [0.1, 0.15) is 0 Å². The number of fused-ring (bicyclic) bond motifs is 2. The van der Waals surface area contributed by atoms with Crippen molar-refractivity contribution in [1.29, 1.82) is 0 Å². The number of hydrogen-bond donors (Lipinski definition) is 1. The van der Waals surface area contributed by atoms with Crippen molar-refractivity contribution in [3.8, 4) is 5.88 Å². The number of anilines is 2. The van der Waals surface area contributed by atoms with E-state index in [9.17, 15) is 4.79 Å². The van der Waals surface area contributed by atoms with Gasteiger partial charge in [-0.15, -0.1) is 0 Å². The average Bonchev–Trinajstić information content (AvgIpc) is 2.84. The van der Waals surface area contributed by atoms with Gasteiger partial charge in [-0.2, -0.15) is 4.98 Å². The van der Waals surface area contributed by atoms with Gasteiger partial charge >= 0.3 is 0 Å². The van der Waals surface area contributed by atoms with Crippen molar-refractivity contribution in [3.05, 3.63) is 12.1 Å². The summed E-state index contributed by atoms with van der Waals surface area (Å²) in [5.74, 6) is 1.11. The zero-order valence-corrected chi connectivity index (χ0v) is 10.3. The average molecular weight is 249 g/mol. The molecule has 96 valence electrons. The molecule has 2 atom stereocenters. The molecule has 0 spiro atoms. The molecule has 0 bridgehead atoms. The molecule has 1 N–H and O–H groups in total. The van der Waals surface area contributed by atoms with Crippen LogP contribution in [0.5, 0.6) is 5.88 Å². The maximum Gasteiger partial charge on any atom is 0.232 e. The summed E-state index contributed by atoms with van der Waals surface area (Å²) in [5, 5.41) is 2.90. The van der Waals surface area contributed by atoms with E-state index in [0.29, 0.717) is 19.1 Å². The molecule has 1 amide bonds. The van der Waals surface area contributed by atoms with Crippen LogP contribution in [0.4, 0.5) is 11.5 Å². The first-order valence-corrected chi connectivity index (χ1v) is 5.87. The predicted octanol–water partition coefficient (Wildman–Crippen LogP) is 0.493. The minimum Gasteiger partial charge on any atom is -0.481 e. The lowest BCUT2D eigenvalue weighted by atomic mass is 10.0. The molecule has 3 rings (SSSR count). The van der Waals surface area contributed by atoms with Crippen LogP contribution in [0.3, 0.4) is 0 Å². The molecule has 3 heterocycles. The first-order valence-electron chi connectivity index (χ1n) is 5.87. The fourth-order valence-corrected chi connectivity index (χ4v) is 2.47. The highest BCUT2D eigenvalue weighted by atomic mass is 16.5. The van der Waals surface area contributed by atoms with E-state index in [-0.39, 0.29) is 17.9 Å². The van der Waals surface area contributed by atoms with Gasteiger partial charge in [0.15, 0.2) is 5.82 Å². The van der Waals surface area contributed by atoms with Crippen LogP contribution in [-0.4, -0.2) is 44.3 Å². The summed E-state index contributed by atoms with van der Waals surface area (Å²) < 4.78 is 10.5. The Bertz CT molecular complexity index is 491. The van der Waals surface area contributed by atoms with Crippen molar-refractivity contribution >= 4 is 17.4 Å². The Kier molecular flexibility index (Phi) is 2.59. The van der Waals surface area contributed by atoms with Gasteiger partial charge in [0, 0.05) is 13.1 Å². The molecule has 6 nitrogen and oxygen atoms in total. The molecule has 0 radical (unpaired) electrons. The van der Waals surface area contributed by atoms with E-state index < -0.39 is 0 Å². The molecule has 18 heavy (non-hydrogen) atoms. The summed E-state index contributed by atoms with van der Waals surface area (Å²) in [6.45, 7) is 1.01. The number of carbonyl (C=O) groups is 1. The second kappa shape index (κ2) is 4.13. The third kappa shape index (κ3) is 1.60. The van der Waals surface area contributed by atoms with E-state index in [1.54, 1.807) is 13.2 Å². The lowest BCUT2D eigenvalue weighted by molar-refractivity contribution is -0.120. The van der Waals surface area contributed by atoms with Gasteiger partial charge in [-0.1, -0.05) is 0 Å². The van der Waals surface area contributed by atoms with Crippen LogP contribution >= 0.6 is 0 Å². The van der Waals surface area contributed by atoms with E-state index in [4.69, 9.17) is 9.47 Å². The Balaban J connectivity index is 2.06. The lowest BCUT2D eigenvalue weighted by Gasteiger charge is -2.25. The number of rotatable bonds is 1. The van der Waals surface area contributed by atoms with Gasteiger partial charge in [-0.3, -0.25) is 4.79 Å². The van der Waals surface area contributed by atoms with Gasteiger partial charge in [-0.25, -0.2) is 0 Å². The third-order valence-electron chi connectivity index (χ3n) is 3.54. The zero-order valence-electron chi connectivity index (χ0n) is 10.3. The van der Waals surface area contributed by atoms with Gasteiger partial charge < -0.3 is 19.7 Å². The van der Waals surface area contributed by atoms with Crippen LogP contribution in [0.25, 0.3) is 0 Å². The van der Waals surface area contributed by atoms with Crippen molar-refractivity contribution in [2.45, 2.75) is 6.04 Å². The van der Waals surface area contributed by atoms with E-state index >= 15 is 0 Å². The molecule has 6 heteroatoms. The number of ether oxygens (including phenoxy) is 2. The Morgan fingerprint density at radius 2 is 2.33 bits per heavy atom. The van der Waals surface area contributed by atoms with Crippen molar-refractivity contribution in [1.82, 2.24) is 4.98 Å². The Hall–Kier alpha value is -1.82. The topological polar surface area (TPSA) is 63.7 Å². The van der Waals surface area contributed by atoms with Crippen molar-refractivity contribution in [2.75, 3.05) is 37.6 Å². The summed E-state index contributed by atoms with van der Waals surface area (Å²) in [5.41, 5.74) is 0.720. The largest absolute Gasteiger partial charge is 0.481 e. The van der Waals surface area contributed by atoms with Crippen molar-refractivity contribution < 1.29 is 14.3 Å². The summed E-state index contributed by atoms with van der Waals surface area (Å²) in [6.07, 6.45) is 0.